The first-order valence-corrected chi connectivity index (χ1v) is 7.61. The van der Waals surface area contributed by atoms with Gasteiger partial charge in [-0.25, -0.2) is 8.78 Å². The number of aliphatic hydroxyl groups is 1. The molecular weight excluding hydrogens is 274 g/mol. The maximum Gasteiger partial charge on any atom is 0.164 e. The van der Waals surface area contributed by atoms with Crippen LogP contribution in [0.25, 0.3) is 0 Å². The monoisotopic (exact) mass is 298 g/mol. The van der Waals surface area contributed by atoms with E-state index in [0.717, 1.165) is 19.2 Å². The standard InChI is InChI=1S/C16H24F2N2O/c1-19(11-12-20-8-2-3-9-20)10-7-15(21)13-5-4-6-14(17)16(13)18/h4-6,15,21H,2-3,7-12H2,1H3. The van der Waals surface area contributed by atoms with Crippen LogP contribution in [0, 0.1) is 11.6 Å². The molecule has 0 saturated carbocycles. The van der Waals surface area contributed by atoms with Gasteiger partial charge in [0.15, 0.2) is 11.6 Å². The van der Waals surface area contributed by atoms with Crippen LogP contribution in [0.5, 0.6) is 0 Å². The first-order valence-electron chi connectivity index (χ1n) is 7.61. The zero-order valence-electron chi connectivity index (χ0n) is 12.6. The molecule has 3 nitrogen and oxygen atoms in total. The van der Waals surface area contributed by atoms with E-state index in [2.05, 4.69) is 9.80 Å². The van der Waals surface area contributed by atoms with E-state index in [0.29, 0.717) is 13.0 Å². The fourth-order valence-corrected chi connectivity index (χ4v) is 2.71. The summed E-state index contributed by atoms with van der Waals surface area (Å²) in [5.41, 5.74) is 0.0444. The van der Waals surface area contributed by atoms with Gasteiger partial charge in [-0.3, -0.25) is 0 Å². The molecule has 1 N–H and O–H groups in total. The van der Waals surface area contributed by atoms with E-state index in [1.807, 2.05) is 7.05 Å². The third-order valence-electron chi connectivity index (χ3n) is 4.12. The highest BCUT2D eigenvalue weighted by Gasteiger charge is 2.17. The molecule has 118 valence electrons. The van der Waals surface area contributed by atoms with E-state index in [-0.39, 0.29) is 5.56 Å². The van der Waals surface area contributed by atoms with Gasteiger partial charge in [-0.2, -0.15) is 0 Å². The lowest BCUT2D eigenvalue weighted by Gasteiger charge is -2.22. The highest BCUT2D eigenvalue weighted by Crippen LogP contribution is 2.21. The third-order valence-corrected chi connectivity index (χ3v) is 4.12. The van der Waals surface area contributed by atoms with Crippen molar-refractivity contribution in [1.29, 1.82) is 0 Å². The molecule has 0 bridgehead atoms. The SMILES string of the molecule is CN(CCC(O)c1cccc(F)c1F)CCN1CCCC1. The molecule has 1 saturated heterocycles. The minimum absolute atomic E-state index is 0.0444. The van der Waals surface area contributed by atoms with Crippen LogP contribution in [-0.2, 0) is 0 Å². The number of hydrogen-bond donors (Lipinski definition) is 1. The number of halogens is 2. The van der Waals surface area contributed by atoms with Crippen LogP contribution in [-0.4, -0.2) is 54.7 Å². The van der Waals surface area contributed by atoms with E-state index >= 15 is 0 Å². The van der Waals surface area contributed by atoms with Gasteiger partial charge in [0.05, 0.1) is 6.10 Å². The van der Waals surface area contributed by atoms with E-state index in [9.17, 15) is 13.9 Å². The molecule has 0 aromatic heterocycles. The molecule has 1 aromatic carbocycles. The molecular formula is C16H24F2N2O. The summed E-state index contributed by atoms with van der Waals surface area (Å²) in [6.07, 6.45) is 1.99. The maximum atomic E-state index is 13.6. The second kappa shape index (κ2) is 7.82. The summed E-state index contributed by atoms with van der Waals surface area (Å²) in [7, 11) is 1.99. The molecule has 1 aromatic rings. The minimum Gasteiger partial charge on any atom is -0.388 e. The molecule has 1 aliphatic heterocycles. The normalized spacial score (nSPS) is 17.6. The van der Waals surface area contributed by atoms with Gasteiger partial charge in [-0.05, 0) is 45.5 Å². The summed E-state index contributed by atoms with van der Waals surface area (Å²) < 4.78 is 26.7. The lowest BCUT2D eigenvalue weighted by Crippen LogP contribution is -2.32. The molecule has 0 aliphatic carbocycles. The Balaban J connectivity index is 1.74. The molecule has 0 spiro atoms. The van der Waals surface area contributed by atoms with Gasteiger partial charge in [-0.1, -0.05) is 12.1 Å². The summed E-state index contributed by atoms with van der Waals surface area (Å²) in [6, 6.07) is 3.93. The number of nitrogens with zero attached hydrogens (tertiary/aromatic N) is 2. The Morgan fingerprint density at radius 2 is 1.95 bits per heavy atom. The van der Waals surface area contributed by atoms with E-state index in [1.165, 1.54) is 38.1 Å². The van der Waals surface area contributed by atoms with Crippen molar-refractivity contribution in [3.8, 4) is 0 Å². The van der Waals surface area contributed by atoms with Crippen LogP contribution in [0.3, 0.4) is 0 Å². The van der Waals surface area contributed by atoms with Gasteiger partial charge in [0.1, 0.15) is 0 Å². The number of benzene rings is 1. The molecule has 21 heavy (non-hydrogen) atoms. The number of likely N-dealkylation sites (tertiary alicyclic amines) is 1. The van der Waals surface area contributed by atoms with Crippen LogP contribution >= 0.6 is 0 Å². The molecule has 1 unspecified atom stereocenters. The highest BCUT2D eigenvalue weighted by atomic mass is 19.2. The molecule has 5 heteroatoms. The lowest BCUT2D eigenvalue weighted by molar-refractivity contribution is 0.141. The fourth-order valence-electron chi connectivity index (χ4n) is 2.71. The Morgan fingerprint density at radius 1 is 1.24 bits per heavy atom. The molecule has 1 atom stereocenters. The van der Waals surface area contributed by atoms with Crippen LogP contribution in [0.15, 0.2) is 18.2 Å². The van der Waals surface area contributed by atoms with Crippen LogP contribution in [0.4, 0.5) is 8.78 Å². The summed E-state index contributed by atoms with van der Waals surface area (Å²) >= 11 is 0. The molecule has 0 amide bonds. The quantitative estimate of drug-likeness (QED) is 0.837. The second-order valence-electron chi connectivity index (χ2n) is 5.80. The van der Waals surface area contributed by atoms with Gasteiger partial charge < -0.3 is 14.9 Å². The Morgan fingerprint density at radius 3 is 2.67 bits per heavy atom. The van der Waals surface area contributed by atoms with E-state index in [4.69, 9.17) is 0 Å². The van der Waals surface area contributed by atoms with Crippen molar-refractivity contribution < 1.29 is 13.9 Å². The van der Waals surface area contributed by atoms with Crippen molar-refractivity contribution in [3.05, 3.63) is 35.4 Å². The van der Waals surface area contributed by atoms with Crippen LogP contribution in [0.1, 0.15) is 30.9 Å². The molecule has 0 radical (unpaired) electrons. The summed E-state index contributed by atoms with van der Waals surface area (Å²) in [4.78, 5) is 4.55. The summed E-state index contributed by atoms with van der Waals surface area (Å²) in [6.45, 7) is 4.96. The fraction of sp³-hybridized carbons (Fsp3) is 0.625. The third kappa shape index (κ3) is 4.73. The molecule has 1 heterocycles. The van der Waals surface area contributed by atoms with E-state index < -0.39 is 17.7 Å². The Hall–Kier alpha value is -1.04. The largest absolute Gasteiger partial charge is 0.388 e. The average Bonchev–Trinajstić information content (AvgIpc) is 2.99. The van der Waals surface area contributed by atoms with Crippen molar-refractivity contribution in [2.45, 2.75) is 25.4 Å². The first-order chi connectivity index (χ1) is 10.1. The molecule has 1 aliphatic rings. The Kier molecular flexibility index (Phi) is 6.08. The van der Waals surface area contributed by atoms with Gasteiger partial charge >= 0.3 is 0 Å². The zero-order valence-corrected chi connectivity index (χ0v) is 12.6. The predicted molar refractivity (Wildman–Crippen MR) is 79.1 cm³/mol. The minimum atomic E-state index is -0.963. The number of hydrogen-bond acceptors (Lipinski definition) is 3. The van der Waals surface area contributed by atoms with Crippen molar-refractivity contribution in [2.24, 2.45) is 0 Å². The van der Waals surface area contributed by atoms with Gasteiger partial charge in [0, 0.05) is 25.2 Å². The molecule has 1 fully saturated rings. The maximum absolute atomic E-state index is 13.6. The van der Waals surface area contributed by atoms with Gasteiger partial charge in [0.2, 0.25) is 0 Å². The highest BCUT2D eigenvalue weighted by molar-refractivity contribution is 5.21. The topological polar surface area (TPSA) is 26.7 Å². The molecule has 2 rings (SSSR count). The Labute approximate surface area is 125 Å². The summed E-state index contributed by atoms with van der Waals surface area (Å²) in [5, 5.41) is 10.0. The van der Waals surface area contributed by atoms with Crippen molar-refractivity contribution in [1.82, 2.24) is 9.80 Å². The van der Waals surface area contributed by atoms with E-state index in [1.54, 1.807) is 0 Å². The second-order valence-corrected chi connectivity index (χ2v) is 5.80. The van der Waals surface area contributed by atoms with Gasteiger partial charge in [-0.15, -0.1) is 0 Å². The smallest absolute Gasteiger partial charge is 0.164 e. The Bertz CT molecular complexity index is 450. The van der Waals surface area contributed by atoms with Gasteiger partial charge in [0.25, 0.3) is 0 Å². The van der Waals surface area contributed by atoms with Crippen molar-refractivity contribution in [3.63, 3.8) is 0 Å². The number of likely N-dealkylation sites (N-methyl/N-ethyl adjacent to an activating group) is 1. The zero-order chi connectivity index (χ0) is 15.2. The van der Waals surface area contributed by atoms with Crippen LogP contribution in [0.2, 0.25) is 0 Å². The lowest BCUT2D eigenvalue weighted by atomic mass is 10.1. The van der Waals surface area contributed by atoms with Crippen molar-refractivity contribution in [2.75, 3.05) is 39.8 Å². The summed E-state index contributed by atoms with van der Waals surface area (Å²) in [5.74, 6) is -1.85. The van der Waals surface area contributed by atoms with Crippen molar-refractivity contribution >= 4 is 0 Å². The van der Waals surface area contributed by atoms with Crippen LogP contribution < -0.4 is 0 Å². The number of rotatable bonds is 7. The first kappa shape index (κ1) is 16.3. The predicted octanol–water partition coefficient (Wildman–Crippen LogP) is 2.42. The average molecular weight is 298 g/mol. The number of aliphatic hydroxyl groups excluding tert-OH is 1.